The second-order valence-electron chi connectivity index (χ2n) is 6.79. The van der Waals surface area contributed by atoms with Gasteiger partial charge in [0.1, 0.15) is 17.1 Å². The van der Waals surface area contributed by atoms with E-state index in [1.165, 1.54) is 6.07 Å². The van der Waals surface area contributed by atoms with E-state index in [-0.39, 0.29) is 17.4 Å². The Labute approximate surface area is 160 Å². The summed E-state index contributed by atoms with van der Waals surface area (Å²) in [5, 5.41) is 7.82. The number of carbonyl (C=O) groups is 1. The maximum absolute atomic E-state index is 12.8. The minimum Gasteiger partial charge on any atom is -0.361 e. The molecule has 0 aliphatic carbocycles. The molecule has 1 saturated heterocycles. The van der Waals surface area contributed by atoms with Crippen LogP contribution in [0.1, 0.15) is 46.4 Å². The van der Waals surface area contributed by atoms with Crippen molar-refractivity contribution in [2.45, 2.75) is 32.6 Å². The Morgan fingerprint density at radius 1 is 1.33 bits per heavy atom. The smallest absolute Gasteiger partial charge is 0.259 e. The lowest BCUT2D eigenvalue weighted by atomic mass is 9.95. The number of hydrogen-bond acceptors (Lipinski definition) is 6. The fourth-order valence-corrected chi connectivity index (χ4v) is 4.18. The predicted molar refractivity (Wildman–Crippen MR) is 102 cm³/mol. The van der Waals surface area contributed by atoms with E-state index in [1.807, 2.05) is 21.7 Å². The normalized spacial score (nSPS) is 15.3. The van der Waals surface area contributed by atoms with Crippen molar-refractivity contribution in [3.8, 4) is 11.3 Å². The Bertz CT molecular complexity index is 995. The van der Waals surface area contributed by atoms with Crippen LogP contribution < -0.4 is 5.56 Å². The molecule has 3 aromatic rings. The number of aryl methyl sites for hydroxylation is 2. The average molecular weight is 384 g/mol. The molecule has 0 atom stereocenters. The summed E-state index contributed by atoms with van der Waals surface area (Å²) >= 11 is 1.58. The number of H-pyrrole nitrogens is 1. The molecule has 140 valence electrons. The molecular weight excluding hydrogens is 364 g/mol. The summed E-state index contributed by atoms with van der Waals surface area (Å²) in [5.41, 5.74) is 2.69. The Morgan fingerprint density at radius 2 is 2.11 bits per heavy atom. The van der Waals surface area contributed by atoms with Crippen LogP contribution >= 0.6 is 11.3 Å². The van der Waals surface area contributed by atoms with Gasteiger partial charge in [0, 0.05) is 36.0 Å². The standard InChI is InChI=1S/C19H20N4O3S/c1-11-17(12(2)26-22-11)19(25)23-6-3-13(4-7-23)18-20-15(9-16(24)21-18)14-5-8-27-10-14/h5,8-10,13H,3-4,6-7H2,1-2H3,(H,20,21,24). The minimum absolute atomic E-state index is 0.0434. The third-order valence-corrected chi connectivity index (χ3v) is 5.68. The second kappa shape index (κ2) is 7.11. The number of aromatic nitrogens is 3. The van der Waals surface area contributed by atoms with Gasteiger partial charge in [0.2, 0.25) is 0 Å². The molecule has 8 heteroatoms. The van der Waals surface area contributed by atoms with Gasteiger partial charge in [-0.05, 0) is 38.1 Å². The summed E-state index contributed by atoms with van der Waals surface area (Å²) in [6, 6.07) is 3.49. The van der Waals surface area contributed by atoms with Crippen LogP contribution in [0.3, 0.4) is 0 Å². The van der Waals surface area contributed by atoms with E-state index in [4.69, 9.17) is 4.52 Å². The number of hydrogen-bond donors (Lipinski definition) is 1. The van der Waals surface area contributed by atoms with Gasteiger partial charge in [0.05, 0.1) is 11.4 Å². The molecule has 7 nitrogen and oxygen atoms in total. The number of carbonyl (C=O) groups excluding carboxylic acids is 1. The van der Waals surface area contributed by atoms with Crippen LogP contribution in [-0.2, 0) is 0 Å². The lowest BCUT2D eigenvalue weighted by molar-refractivity contribution is 0.0708. The first kappa shape index (κ1) is 17.7. The molecule has 0 unspecified atom stereocenters. The monoisotopic (exact) mass is 384 g/mol. The quantitative estimate of drug-likeness (QED) is 0.749. The van der Waals surface area contributed by atoms with Crippen LogP contribution in [0.4, 0.5) is 0 Å². The zero-order chi connectivity index (χ0) is 19.0. The number of nitrogens with zero attached hydrogens (tertiary/aromatic N) is 3. The lowest BCUT2D eigenvalue weighted by Crippen LogP contribution is -2.38. The fraction of sp³-hybridized carbons (Fsp3) is 0.368. The Hall–Kier alpha value is -2.74. The third-order valence-electron chi connectivity index (χ3n) is 4.99. The first-order chi connectivity index (χ1) is 13.0. The molecule has 4 rings (SSSR count). The molecule has 3 aromatic heterocycles. The largest absolute Gasteiger partial charge is 0.361 e. The average Bonchev–Trinajstić information content (AvgIpc) is 3.31. The molecular formula is C19H20N4O3S. The summed E-state index contributed by atoms with van der Waals surface area (Å²) in [6.45, 7) is 4.76. The van der Waals surface area contributed by atoms with Gasteiger partial charge in [0.15, 0.2) is 0 Å². The molecule has 0 aromatic carbocycles. The maximum Gasteiger partial charge on any atom is 0.259 e. The zero-order valence-electron chi connectivity index (χ0n) is 15.2. The Kier molecular flexibility index (Phi) is 4.65. The maximum atomic E-state index is 12.8. The van der Waals surface area contributed by atoms with Crippen molar-refractivity contribution in [1.82, 2.24) is 20.0 Å². The topological polar surface area (TPSA) is 92.1 Å². The van der Waals surface area contributed by atoms with Crippen molar-refractivity contribution in [3.05, 3.63) is 56.1 Å². The number of likely N-dealkylation sites (tertiary alicyclic amines) is 1. The number of amides is 1. The summed E-state index contributed by atoms with van der Waals surface area (Å²) in [4.78, 5) is 34.2. The molecule has 4 heterocycles. The van der Waals surface area contributed by atoms with Gasteiger partial charge < -0.3 is 14.4 Å². The van der Waals surface area contributed by atoms with Gasteiger partial charge in [-0.1, -0.05) is 5.16 Å². The molecule has 0 saturated carbocycles. The summed E-state index contributed by atoms with van der Waals surface area (Å²) in [5.74, 6) is 1.34. The Balaban J connectivity index is 1.50. The molecule has 1 aliphatic rings. The number of thiophene rings is 1. The molecule has 1 amide bonds. The SMILES string of the molecule is Cc1noc(C)c1C(=O)N1CCC(c2nc(-c3ccsc3)cc(=O)[nH]2)CC1. The number of piperidine rings is 1. The third kappa shape index (κ3) is 3.44. The van der Waals surface area contributed by atoms with Gasteiger partial charge in [-0.25, -0.2) is 4.98 Å². The summed E-state index contributed by atoms with van der Waals surface area (Å²) in [6.07, 6.45) is 1.51. The summed E-state index contributed by atoms with van der Waals surface area (Å²) in [7, 11) is 0. The van der Waals surface area contributed by atoms with E-state index in [1.54, 1.807) is 25.2 Å². The van der Waals surface area contributed by atoms with Crippen molar-refractivity contribution >= 4 is 17.2 Å². The van der Waals surface area contributed by atoms with Gasteiger partial charge in [-0.2, -0.15) is 11.3 Å². The van der Waals surface area contributed by atoms with Crippen molar-refractivity contribution < 1.29 is 9.32 Å². The molecule has 0 bridgehead atoms. The molecule has 0 radical (unpaired) electrons. The number of rotatable bonds is 3. The lowest BCUT2D eigenvalue weighted by Gasteiger charge is -2.31. The van der Waals surface area contributed by atoms with Crippen LogP contribution in [0.5, 0.6) is 0 Å². The first-order valence-electron chi connectivity index (χ1n) is 8.89. The van der Waals surface area contributed by atoms with Crippen LogP contribution in [0, 0.1) is 13.8 Å². The van der Waals surface area contributed by atoms with Crippen LogP contribution in [0.25, 0.3) is 11.3 Å². The van der Waals surface area contributed by atoms with Crippen LogP contribution in [0.15, 0.2) is 32.2 Å². The fourth-order valence-electron chi connectivity index (χ4n) is 3.53. The van der Waals surface area contributed by atoms with Crippen molar-refractivity contribution in [2.24, 2.45) is 0 Å². The molecule has 1 fully saturated rings. The highest BCUT2D eigenvalue weighted by molar-refractivity contribution is 7.08. The van der Waals surface area contributed by atoms with E-state index in [2.05, 4.69) is 15.1 Å². The van der Waals surface area contributed by atoms with Gasteiger partial charge in [0.25, 0.3) is 11.5 Å². The Morgan fingerprint density at radius 3 is 2.74 bits per heavy atom. The van der Waals surface area contributed by atoms with Gasteiger partial charge in [-0.15, -0.1) is 0 Å². The van der Waals surface area contributed by atoms with Crippen molar-refractivity contribution in [2.75, 3.05) is 13.1 Å². The minimum atomic E-state index is -0.143. The van der Waals surface area contributed by atoms with Crippen LogP contribution in [0.2, 0.25) is 0 Å². The van der Waals surface area contributed by atoms with Crippen molar-refractivity contribution in [1.29, 1.82) is 0 Å². The zero-order valence-corrected chi connectivity index (χ0v) is 16.0. The molecule has 1 aliphatic heterocycles. The molecule has 0 spiro atoms. The number of nitrogens with one attached hydrogen (secondary N) is 1. The van der Waals surface area contributed by atoms with Crippen molar-refractivity contribution in [3.63, 3.8) is 0 Å². The highest BCUT2D eigenvalue weighted by Gasteiger charge is 2.29. The van der Waals surface area contributed by atoms with E-state index in [0.717, 1.165) is 18.4 Å². The van der Waals surface area contributed by atoms with Gasteiger partial charge >= 0.3 is 0 Å². The van der Waals surface area contributed by atoms with E-state index in [0.29, 0.717) is 41.6 Å². The highest BCUT2D eigenvalue weighted by atomic mass is 32.1. The predicted octanol–water partition coefficient (Wildman–Crippen LogP) is 3.12. The molecule has 1 N–H and O–H groups in total. The van der Waals surface area contributed by atoms with E-state index < -0.39 is 0 Å². The van der Waals surface area contributed by atoms with Gasteiger partial charge in [-0.3, -0.25) is 9.59 Å². The second-order valence-corrected chi connectivity index (χ2v) is 7.57. The summed E-state index contributed by atoms with van der Waals surface area (Å²) < 4.78 is 5.11. The molecule has 27 heavy (non-hydrogen) atoms. The highest BCUT2D eigenvalue weighted by Crippen LogP contribution is 2.28. The van der Waals surface area contributed by atoms with E-state index >= 15 is 0 Å². The van der Waals surface area contributed by atoms with Crippen LogP contribution in [-0.4, -0.2) is 39.0 Å². The number of aromatic amines is 1. The van der Waals surface area contributed by atoms with E-state index in [9.17, 15) is 9.59 Å². The first-order valence-corrected chi connectivity index (χ1v) is 9.83.